The smallest absolute Gasteiger partial charge is 0.416 e. The Kier molecular flexibility index (Phi) is 4.10. The molecular formula is C12H12BrF3O2. The molecule has 1 aromatic carbocycles. The molecule has 0 atom stereocenters. The van der Waals surface area contributed by atoms with Gasteiger partial charge in [-0.2, -0.15) is 13.2 Å². The minimum absolute atomic E-state index is 0.154. The number of carboxylic acid groups (broad SMARTS) is 1. The van der Waals surface area contributed by atoms with Gasteiger partial charge in [0.1, 0.15) is 0 Å². The summed E-state index contributed by atoms with van der Waals surface area (Å²) in [5, 5.41) is 8.98. The van der Waals surface area contributed by atoms with Crippen LogP contribution in [0.25, 0.3) is 0 Å². The zero-order valence-corrected chi connectivity index (χ0v) is 11.4. The van der Waals surface area contributed by atoms with Gasteiger partial charge in [-0.15, -0.1) is 0 Å². The molecule has 0 radical (unpaired) electrons. The standard InChI is InChI=1S/C12H12BrF3O2/c1-11(2,10(17)18)6-7-3-4-8(5-9(7)13)12(14,15)16/h3-5H,6H2,1-2H3,(H,17,18). The van der Waals surface area contributed by atoms with Crippen molar-refractivity contribution in [3.05, 3.63) is 33.8 Å². The molecule has 1 aromatic rings. The van der Waals surface area contributed by atoms with Gasteiger partial charge in [-0.1, -0.05) is 22.0 Å². The topological polar surface area (TPSA) is 37.3 Å². The van der Waals surface area contributed by atoms with Crippen LogP contribution in [0.3, 0.4) is 0 Å². The van der Waals surface area contributed by atoms with Crippen molar-refractivity contribution in [1.82, 2.24) is 0 Å². The van der Waals surface area contributed by atoms with E-state index in [0.717, 1.165) is 12.1 Å². The van der Waals surface area contributed by atoms with Gasteiger partial charge in [0.2, 0.25) is 0 Å². The van der Waals surface area contributed by atoms with Crippen molar-refractivity contribution >= 4 is 21.9 Å². The van der Waals surface area contributed by atoms with E-state index in [4.69, 9.17) is 5.11 Å². The molecule has 0 aromatic heterocycles. The molecule has 0 saturated heterocycles. The molecule has 0 saturated carbocycles. The van der Waals surface area contributed by atoms with Gasteiger partial charge in [0.05, 0.1) is 11.0 Å². The van der Waals surface area contributed by atoms with Crippen LogP contribution in [0.5, 0.6) is 0 Å². The van der Waals surface area contributed by atoms with Crippen LogP contribution in [0.15, 0.2) is 22.7 Å². The Morgan fingerprint density at radius 1 is 1.33 bits per heavy atom. The predicted octanol–water partition coefficient (Wildman–Crippen LogP) is 4.12. The Labute approximate surface area is 111 Å². The Bertz CT molecular complexity index is 467. The second-order valence-electron chi connectivity index (χ2n) is 4.67. The van der Waals surface area contributed by atoms with Crippen molar-refractivity contribution in [2.24, 2.45) is 5.41 Å². The molecule has 0 unspecified atom stereocenters. The fourth-order valence-corrected chi connectivity index (χ4v) is 1.94. The summed E-state index contributed by atoms with van der Waals surface area (Å²) in [6.07, 6.45) is -4.25. The van der Waals surface area contributed by atoms with E-state index in [1.807, 2.05) is 0 Å². The predicted molar refractivity (Wildman–Crippen MR) is 64.3 cm³/mol. The highest BCUT2D eigenvalue weighted by Gasteiger charge is 2.32. The van der Waals surface area contributed by atoms with E-state index in [1.165, 1.54) is 19.9 Å². The molecule has 18 heavy (non-hydrogen) atoms. The molecule has 100 valence electrons. The summed E-state index contributed by atoms with van der Waals surface area (Å²) in [6.45, 7) is 3.05. The number of carboxylic acids is 1. The maximum Gasteiger partial charge on any atom is 0.416 e. The van der Waals surface area contributed by atoms with E-state index in [9.17, 15) is 18.0 Å². The molecule has 0 bridgehead atoms. The highest BCUT2D eigenvalue weighted by Crippen LogP contribution is 2.34. The number of alkyl halides is 3. The van der Waals surface area contributed by atoms with Gasteiger partial charge in [0.15, 0.2) is 0 Å². The second kappa shape index (κ2) is 4.91. The molecule has 1 N–H and O–H groups in total. The molecule has 1 rings (SSSR count). The maximum atomic E-state index is 12.5. The lowest BCUT2D eigenvalue weighted by Crippen LogP contribution is -2.26. The van der Waals surface area contributed by atoms with E-state index in [2.05, 4.69) is 15.9 Å². The maximum absolute atomic E-state index is 12.5. The molecule has 0 heterocycles. The Morgan fingerprint density at radius 3 is 2.28 bits per heavy atom. The Balaban J connectivity index is 3.04. The van der Waals surface area contributed by atoms with Crippen LogP contribution < -0.4 is 0 Å². The molecule has 0 aliphatic heterocycles. The van der Waals surface area contributed by atoms with Crippen LogP contribution in [0.4, 0.5) is 13.2 Å². The van der Waals surface area contributed by atoms with Crippen molar-refractivity contribution in [2.45, 2.75) is 26.4 Å². The summed E-state index contributed by atoms with van der Waals surface area (Å²) >= 11 is 3.05. The quantitative estimate of drug-likeness (QED) is 0.908. The van der Waals surface area contributed by atoms with Gasteiger partial charge in [0, 0.05) is 4.47 Å². The van der Waals surface area contributed by atoms with E-state index in [0.29, 0.717) is 5.56 Å². The first-order valence-corrected chi connectivity index (χ1v) is 5.92. The molecule has 0 fully saturated rings. The third-order valence-corrected chi connectivity index (χ3v) is 3.33. The number of benzene rings is 1. The summed E-state index contributed by atoms with van der Waals surface area (Å²) in [5.41, 5.74) is -1.25. The fourth-order valence-electron chi connectivity index (χ4n) is 1.42. The SMILES string of the molecule is CC(C)(Cc1ccc(C(F)(F)F)cc1Br)C(=O)O. The third-order valence-electron chi connectivity index (χ3n) is 2.59. The van der Waals surface area contributed by atoms with Crippen LogP contribution in [-0.2, 0) is 17.4 Å². The minimum atomic E-state index is -4.40. The van der Waals surface area contributed by atoms with Gasteiger partial charge in [-0.25, -0.2) is 0 Å². The molecule has 6 heteroatoms. The number of hydrogen-bond acceptors (Lipinski definition) is 1. The van der Waals surface area contributed by atoms with Crippen LogP contribution >= 0.6 is 15.9 Å². The number of aliphatic carboxylic acids is 1. The number of carbonyl (C=O) groups is 1. The lowest BCUT2D eigenvalue weighted by Gasteiger charge is -2.20. The number of halogens is 4. The lowest BCUT2D eigenvalue weighted by atomic mass is 9.86. The summed E-state index contributed by atoms with van der Waals surface area (Å²) in [5.74, 6) is -0.991. The highest BCUT2D eigenvalue weighted by molar-refractivity contribution is 9.10. The normalized spacial score (nSPS) is 12.6. The van der Waals surface area contributed by atoms with Gasteiger partial charge in [-0.3, -0.25) is 4.79 Å². The van der Waals surface area contributed by atoms with Gasteiger partial charge < -0.3 is 5.11 Å². The first-order chi connectivity index (χ1) is 8.04. The van der Waals surface area contributed by atoms with Crippen molar-refractivity contribution < 1.29 is 23.1 Å². The summed E-state index contributed by atoms with van der Waals surface area (Å²) in [4.78, 5) is 11.0. The monoisotopic (exact) mass is 324 g/mol. The average molecular weight is 325 g/mol. The molecular weight excluding hydrogens is 313 g/mol. The molecule has 0 aliphatic carbocycles. The number of rotatable bonds is 3. The highest BCUT2D eigenvalue weighted by atomic mass is 79.9. The van der Waals surface area contributed by atoms with Crippen LogP contribution in [0, 0.1) is 5.41 Å². The van der Waals surface area contributed by atoms with Crippen molar-refractivity contribution in [3.63, 3.8) is 0 Å². The average Bonchev–Trinajstić information content (AvgIpc) is 2.19. The fraction of sp³-hybridized carbons (Fsp3) is 0.417. The zero-order valence-electron chi connectivity index (χ0n) is 9.81. The van der Waals surface area contributed by atoms with E-state index in [1.54, 1.807) is 0 Å². The number of hydrogen-bond donors (Lipinski definition) is 1. The van der Waals surface area contributed by atoms with E-state index in [-0.39, 0.29) is 10.9 Å². The summed E-state index contributed by atoms with van der Waals surface area (Å²) in [7, 11) is 0. The minimum Gasteiger partial charge on any atom is -0.481 e. The van der Waals surface area contributed by atoms with Gasteiger partial charge in [-0.05, 0) is 38.0 Å². The Hall–Kier alpha value is -1.04. The van der Waals surface area contributed by atoms with Crippen LogP contribution in [0.2, 0.25) is 0 Å². The van der Waals surface area contributed by atoms with Crippen LogP contribution in [-0.4, -0.2) is 11.1 Å². The second-order valence-corrected chi connectivity index (χ2v) is 5.52. The van der Waals surface area contributed by atoms with Gasteiger partial charge in [0.25, 0.3) is 0 Å². The largest absolute Gasteiger partial charge is 0.481 e. The van der Waals surface area contributed by atoms with Crippen molar-refractivity contribution in [2.75, 3.05) is 0 Å². The van der Waals surface area contributed by atoms with Gasteiger partial charge >= 0.3 is 12.1 Å². The summed E-state index contributed by atoms with van der Waals surface area (Å²) < 4.78 is 37.6. The first kappa shape index (κ1) is 15.0. The first-order valence-electron chi connectivity index (χ1n) is 5.13. The molecule has 0 amide bonds. The zero-order chi connectivity index (χ0) is 14.1. The third kappa shape index (κ3) is 3.48. The molecule has 0 spiro atoms. The van der Waals surface area contributed by atoms with Crippen molar-refractivity contribution in [1.29, 1.82) is 0 Å². The van der Waals surface area contributed by atoms with Crippen molar-refractivity contribution in [3.8, 4) is 0 Å². The van der Waals surface area contributed by atoms with E-state index >= 15 is 0 Å². The van der Waals surface area contributed by atoms with E-state index < -0.39 is 23.1 Å². The molecule has 2 nitrogen and oxygen atoms in total. The summed E-state index contributed by atoms with van der Waals surface area (Å²) in [6, 6.07) is 3.23. The van der Waals surface area contributed by atoms with Crippen LogP contribution in [0.1, 0.15) is 25.0 Å². The Morgan fingerprint density at radius 2 is 1.89 bits per heavy atom. The lowest BCUT2D eigenvalue weighted by molar-refractivity contribution is -0.146. The molecule has 0 aliphatic rings.